The molecule has 1 heterocycles. The normalized spacial score (nSPS) is 10.9. The third-order valence-electron chi connectivity index (χ3n) is 5.69. The molecule has 0 unspecified atom stereocenters. The van der Waals surface area contributed by atoms with Crippen LogP contribution in [0.4, 0.5) is 5.69 Å². The largest absolute Gasteiger partial charge is 0.508 e. The van der Waals surface area contributed by atoms with Crippen molar-refractivity contribution in [2.24, 2.45) is 5.73 Å². The third kappa shape index (κ3) is 6.07. The number of benzene rings is 3. The van der Waals surface area contributed by atoms with E-state index in [1.54, 1.807) is 24.3 Å². The Morgan fingerprint density at radius 1 is 1.05 bits per heavy atom. The van der Waals surface area contributed by atoms with Crippen molar-refractivity contribution in [3.8, 4) is 28.2 Å². The average Bonchev–Trinajstić information content (AvgIpc) is 2.88. The van der Waals surface area contributed by atoms with Gasteiger partial charge in [-0.1, -0.05) is 6.07 Å². The molecule has 4 rings (SSSR count). The molecule has 6 N–H and O–H groups in total. The number of carbonyl (C=O) groups is 2. The zero-order chi connectivity index (χ0) is 27.2. The molecule has 196 valence electrons. The summed E-state index contributed by atoms with van der Waals surface area (Å²) in [5, 5.41) is 26.6. The van der Waals surface area contributed by atoms with E-state index in [9.17, 15) is 24.6 Å². The fraction of sp³-hybridized carbons (Fsp3) is 0.185. The number of thiocarbonyl (C=S) groups is 1. The first-order valence-electron chi connectivity index (χ1n) is 11.7. The Balaban J connectivity index is 1.61. The summed E-state index contributed by atoms with van der Waals surface area (Å²) in [6.45, 7) is 0.795. The number of carboxylic acids is 1. The molecule has 1 aliphatic heterocycles. The number of anilines is 1. The molecule has 0 fully saturated rings. The standard InChI is InChI=1S/C27H25N3O7S/c28-9-1-2-24(33)36-11-10-29-27(38)30-15-3-6-18(21(12-15)26(34)35)25-19-7-4-16(31)13-22(19)37-23-14-17(32)5-8-20(23)25/h3-8,12-14,31H,1-2,9-11,28H2,(H,34,35)(H2,29,30,38). The number of aromatic hydroxyl groups is 1. The van der Waals surface area contributed by atoms with E-state index < -0.39 is 5.97 Å². The van der Waals surface area contributed by atoms with Gasteiger partial charge < -0.3 is 35.7 Å². The van der Waals surface area contributed by atoms with Crippen LogP contribution in [-0.4, -0.2) is 47.0 Å². The van der Waals surface area contributed by atoms with Crippen LogP contribution in [0.2, 0.25) is 0 Å². The second kappa shape index (κ2) is 11.7. The van der Waals surface area contributed by atoms with Crippen LogP contribution >= 0.6 is 12.2 Å². The molecule has 2 aromatic rings. The minimum absolute atomic E-state index is 0.0142. The lowest BCUT2D eigenvalue weighted by molar-refractivity contribution is -0.143. The minimum atomic E-state index is -1.17. The Morgan fingerprint density at radius 3 is 2.61 bits per heavy atom. The number of hydrogen-bond acceptors (Lipinski definition) is 8. The second-order valence-corrected chi connectivity index (χ2v) is 8.78. The average molecular weight is 536 g/mol. The van der Waals surface area contributed by atoms with Crippen molar-refractivity contribution >= 4 is 45.9 Å². The quantitative estimate of drug-likeness (QED) is 0.0921. The Bertz CT molecular complexity index is 1550. The van der Waals surface area contributed by atoms with E-state index in [-0.39, 0.29) is 53.2 Å². The van der Waals surface area contributed by atoms with Crippen molar-refractivity contribution in [1.82, 2.24) is 5.32 Å². The summed E-state index contributed by atoms with van der Waals surface area (Å²) in [5.41, 5.74) is 7.29. The summed E-state index contributed by atoms with van der Waals surface area (Å²) in [6.07, 6.45) is 0.808. The Kier molecular flexibility index (Phi) is 8.19. The summed E-state index contributed by atoms with van der Waals surface area (Å²) >= 11 is 5.28. The van der Waals surface area contributed by atoms with Crippen LogP contribution in [-0.2, 0) is 9.53 Å². The molecule has 0 amide bonds. The van der Waals surface area contributed by atoms with Gasteiger partial charge in [0.25, 0.3) is 0 Å². The van der Waals surface area contributed by atoms with Gasteiger partial charge in [0.1, 0.15) is 23.7 Å². The summed E-state index contributed by atoms with van der Waals surface area (Å²) in [6, 6.07) is 13.6. The maximum atomic E-state index is 12.3. The van der Waals surface area contributed by atoms with Gasteiger partial charge in [0.2, 0.25) is 0 Å². The number of hydrogen-bond donors (Lipinski definition) is 5. The number of carbonyl (C=O) groups excluding carboxylic acids is 1. The van der Waals surface area contributed by atoms with Gasteiger partial charge in [-0.15, -0.1) is 0 Å². The highest BCUT2D eigenvalue weighted by Gasteiger charge is 2.22. The molecule has 10 nitrogen and oxygen atoms in total. The van der Waals surface area contributed by atoms with Crippen molar-refractivity contribution < 1.29 is 29.0 Å². The Morgan fingerprint density at radius 2 is 1.84 bits per heavy atom. The van der Waals surface area contributed by atoms with Gasteiger partial charge in [-0.2, -0.15) is 0 Å². The van der Waals surface area contributed by atoms with Crippen molar-refractivity contribution in [2.45, 2.75) is 12.8 Å². The van der Waals surface area contributed by atoms with Crippen LogP contribution in [0.3, 0.4) is 0 Å². The molecule has 0 radical (unpaired) electrons. The first kappa shape index (κ1) is 26.6. The van der Waals surface area contributed by atoms with Crippen molar-refractivity contribution in [3.63, 3.8) is 0 Å². The Labute approximate surface area is 222 Å². The molecular formula is C27H25N3O7S. The lowest BCUT2D eigenvalue weighted by Gasteiger charge is -2.18. The molecule has 0 aromatic heterocycles. The van der Waals surface area contributed by atoms with E-state index in [0.29, 0.717) is 46.3 Å². The van der Waals surface area contributed by atoms with Crippen molar-refractivity contribution in [3.05, 3.63) is 70.4 Å². The SMILES string of the molecule is NCCCC(=O)OCCNC(=S)Nc1ccc(-c2c3ccc(=O)cc-3oc3cc(O)ccc23)c(C(=O)O)c1. The number of ether oxygens (including phenoxy) is 1. The number of phenols is 1. The highest BCUT2D eigenvalue weighted by molar-refractivity contribution is 7.80. The Hall–Kier alpha value is -4.48. The van der Waals surface area contributed by atoms with Crippen LogP contribution in [0.1, 0.15) is 23.2 Å². The molecule has 2 aromatic carbocycles. The van der Waals surface area contributed by atoms with Crippen LogP contribution in [0.15, 0.2) is 63.8 Å². The zero-order valence-corrected chi connectivity index (χ0v) is 21.0. The third-order valence-corrected chi connectivity index (χ3v) is 5.94. The van der Waals surface area contributed by atoms with E-state index in [1.807, 2.05) is 0 Å². The second-order valence-electron chi connectivity index (χ2n) is 8.37. The number of phenolic OH excluding ortho intramolecular Hbond substituents is 1. The molecule has 0 saturated carbocycles. The van der Waals surface area contributed by atoms with E-state index >= 15 is 0 Å². The van der Waals surface area contributed by atoms with Crippen LogP contribution < -0.4 is 21.8 Å². The molecule has 2 aliphatic rings. The van der Waals surface area contributed by atoms with Gasteiger partial charge in [0.05, 0.1) is 12.1 Å². The molecule has 11 heteroatoms. The predicted octanol–water partition coefficient (Wildman–Crippen LogP) is 3.54. The number of rotatable bonds is 9. The number of esters is 1. The maximum Gasteiger partial charge on any atom is 0.336 e. The number of carboxylic acid groups (broad SMARTS) is 1. The fourth-order valence-electron chi connectivity index (χ4n) is 3.99. The van der Waals surface area contributed by atoms with E-state index in [0.717, 1.165) is 0 Å². The molecular weight excluding hydrogens is 510 g/mol. The van der Waals surface area contributed by atoms with E-state index in [1.165, 1.54) is 30.3 Å². The van der Waals surface area contributed by atoms with Gasteiger partial charge in [-0.25, -0.2) is 4.79 Å². The summed E-state index contributed by atoms with van der Waals surface area (Å²) in [5.74, 6) is -1.28. The molecule has 0 bridgehead atoms. The molecule has 0 saturated heterocycles. The van der Waals surface area contributed by atoms with Gasteiger partial charge in [-0.05, 0) is 67.1 Å². The zero-order valence-electron chi connectivity index (χ0n) is 20.2. The van der Waals surface area contributed by atoms with Gasteiger partial charge in [0.15, 0.2) is 10.5 Å². The molecule has 0 atom stereocenters. The van der Waals surface area contributed by atoms with E-state index in [2.05, 4.69) is 10.6 Å². The maximum absolute atomic E-state index is 12.3. The fourth-order valence-corrected chi connectivity index (χ4v) is 4.21. The van der Waals surface area contributed by atoms with Gasteiger partial charge in [-0.3, -0.25) is 9.59 Å². The molecule has 1 aliphatic carbocycles. The highest BCUT2D eigenvalue weighted by Crippen LogP contribution is 2.42. The van der Waals surface area contributed by atoms with Crippen LogP contribution in [0.5, 0.6) is 5.75 Å². The summed E-state index contributed by atoms with van der Waals surface area (Å²) < 4.78 is 10.9. The summed E-state index contributed by atoms with van der Waals surface area (Å²) in [4.78, 5) is 35.8. The van der Waals surface area contributed by atoms with Gasteiger partial charge in [0, 0.05) is 40.8 Å². The lowest BCUT2D eigenvalue weighted by Crippen LogP contribution is -2.32. The van der Waals surface area contributed by atoms with Crippen LogP contribution in [0, 0.1) is 0 Å². The number of nitrogens with one attached hydrogen (secondary N) is 2. The van der Waals surface area contributed by atoms with Crippen LogP contribution in [0.25, 0.3) is 33.4 Å². The van der Waals surface area contributed by atoms with Gasteiger partial charge >= 0.3 is 11.9 Å². The highest BCUT2D eigenvalue weighted by atomic mass is 32.1. The number of fused-ring (bicyclic) bond motifs is 2. The summed E-state index contributed by atoms with van der Waals surface area (Å²) in [7, 11) is 0. The smallest absolute Gasteiger partial charge is 0.336 e. The van der Waals surface area contributed by atoms with E-state index in [4.69, 9.17) is 27.1 Å². The van der Waals surface area contributed by atoms with Crippen molar-refractivity contribution in [2.75, 3.05) is 25.0 Å². The topological polar surface area (TPSA) is 164 Å². The molecule has 38 heavy (non-hydrogen) atoms. The first-order valence-corrected chi connectivity index (χ1v) is 12.2. The predicted molar refractivity (Wildman–Crippen MR) is 147 cm³/mol. The minimum Gasteiger partial charge on any atom is -0.508 e. The number of aromatic carboxylic acids is 1. The number of nitrogens with two attached hydrogens (primary N) is 1. The molecule has 0 spiro atoms. The first-order chi connectivity index (χ1) is 18.3. The monoisotopic (exact) mass is 535 g/mol. The lowest BCUT2D eigenvalue weighted by atomic mass is 9.90. The van der Waals surface area contributed by atoms with Crippen molar-refractivity contribution in [1.29, 1.82) is 0 Å².